The Morgan fingerprint density at radius 3 is 2.76 bits per heavy atom. The molecule has 0 unspecified atom stereocenters. The van der Waals surface area contributed by atoms with Crippen LogP contribution in [0.3, 0.4) is 0 Å². The third kappa shape index (κ3) is 2.86. The summed E-state index contributed by atoms with van der Waals surface area (Å²) in [5.41, 5.74) is 1.10. The molecule has 1 saturated carbocycles. The van der Waals surface area contributed by atoms with Crippen LogP contribution in [0.2, 0.25) is 0 Å². The van der Waals surface area contributed by atoms with Gasteiger partial charge in [-0.25, -0.2) is 0 Å². The van der Waals surface area contributed by atoms with Gasteiger partial charge in [0.05, 0.1) is 11.3 Å². The van der Waals surface area contributed by atoms with Crippen molar-refractivity contribution in [1.29, 1.82) is 5.26 Å². The SMILES string of the molecule is N#Cc1cc(Br)ccc1NC(=O)C1CCCC1. The van der Waals surface area contributed by atoms with E-state index < -0.39 is 0 Å². The molecule has 2 rings (SSSR count). The van der Waals surface area contributed by atoms with Crippen molar-refractivity contribution < 1.29 is 4.79 Å². The van der Waals surface area contributed by atoms with Gasteiger partial charge in [-0.2, -0.15) is 5.26 Å². The fourth-order valence-corrected chi connectivity index (χ4v) is 2.50. The van der Waals surface area contributed by atoms with E-state index in [9.17, 15) is 4.79 Å². The van der Waals surface area contributed by atoms with Crippen molar-refractivity contribution in [3.8, 4) is 6.07 Å². The van der Waals surface area contributed by atoms with Crippen LogP contribution in [0.5, 0.6) is 0 Å². The van der Waals surface area contributed by atoms with Gasteiger partial charge in [0, 0.05) is 10.4 Å². The molecule has 0 spiro atoms. The minimum atomic E-state index is 0.0429. The number of nitriles is 1. The first-order valence-corrected chi connectivity index (χ1v) is 6.50. The fourth-order valence-electron chi connectivity index (χ4n) is 2.14. The number of halogens is 1. The molecule has 1 fully saturated rings. The first-order valence-electron chi connectivity index (χ1n) is 5.71. The van der Waals surface area contributed by atoms with Crippen LogP contribution in [0.4, 0.5) is 5.69 Å². The van der Waals surface area contributed by atoms with Crippen LogP contribution in [0, 0.1) is 17.2 Å². The maximum atomic E-state index is 11.9. The molecule has 0 atom stereocenters. The van der Waals surface area contributed by atoms with Crippen molar-refractivity contribution in [3.63, 3.8) is 0 Å². The summed E-state index contributed by atoms with van der Waals surface area (Å²) in [6.07, 6.45) is 4.18. The third-order valence-electron chi connectivity index (χ3n) is 3.09. The lowest BCUT2D eigenvalue weighted by atomic mass is 10.1. The average Bonchev–Trinajstić information content (AvgIpc) is 2.85. The highest BCUT2D eigenvalue weighted by Crippen LogP contribution is 2.27. The summed E-state index contributed by atoms with van der Waals surface area (Å²) < 4.78 is 0.841. The Bertz CT molecular complexity index is 473. The summed E-state index contributed by atoms with van der Waals surface area (Å²) >= 11 is 3.31. The Labute approximate surface area is 109 Å². The summed E-state index contributed by atoms with van der Waals surface area (Å²) in [4.78, 5) is 11.9. The van der Waals surface area contributed by atoms with E-state index in [0.717, 1.165) is 30.2 Å². The van der Waals surface area contributed by atoms with E-state index in [1.165, 1.54) is 0 Å². The smallest absolute Gasteiger partial charge is 0.227 e. The van der Waals surface area contributed by atoms with Crippen LogP contribution >= 0.6 is 15.9 Å². The van der Waals surface area contributed by atoms with E-state index in [-0.39, 0.29) is 11.8 Å². The summed E-state index contributed by atoms with van der Waals surface area (Å²) in [5, 5.41) is 11.8. The maximum Gasteiger partial charge on any atom is 0.227 e. The maximum absolute atomic E-state index is 11.9. The highest BCUT2D eigenvalue weighted by molar-refractivity contribution is 9.10. The van der Waals surface area contributed by atoms with Crippen LogP contribution < -0.4 is 5.32 Å². The zero-order valence-corrected chi connectivity index (χ0v) is 11.0. The van der Waals surface area contributed by atoms with Gasteiger partial charge in [0.2, 0.25) is 5.91 Å². The highest BCUT2D eigenvalue weighted by atomic mass is 79.9. The zero-order chi connectivity index (χ0) is 12.3. The topological polar surface area (TPSA) is 52.9 Å². The van der Waals surface area contributed by atoms with E-state index >= 15 is 0 Å². The summed E-state index contributed by atoms with van der Waals surface area (Å²) in [6.45, 7) is 0. The highest BCUT2D eigenvalue weighted by Gasteiger charge is 2.23. The Morgan fingerprint density at radius 2 is 2.12 bits per heavy atom. The molecule has 88 valence electrons. The van der Waals surface area contributed by atoms with Gasteiger partial charge in [-0.1, -0.05) is 28.8 Å². The van der Waals surface area contributed by atoms with Crippen LogP contribution in [0.15, 0.2) is 22.7 Å². The molecule has 4 heteroatoms. The minimum absolute atomic E-state index is 0.0429. The molecule has 1 N–H and O–H groups in total. The number of benzene rings is 1. The van der Waals surface area contributed by atoms with E-state index in [0.29, 0.717) is 11.3 Å². The van der Waals surface area contributed by atoms with Gasteiger partial charge in [-0.15, -0.1) is 0 Å². The van der Waals surface area contributed by atoms with Gasteiger partial charge in [0.25, 0.3) is 0 Å². The second kappa shape index (κ2) is 5.33. The second-order valence-electron chi connectivity index (χ2n) is 4.27. The fraction of sp³-hybridized carbons (Fsp3) is 0.385. The number of nitrogens with one attached hydrogen (secondary N) is 1. The molecule has 0 aliphatic heterocycles. The lowest BCUT2D eigenvalue weighted by Gasteiger charge is -2.11. The monoisotopic (exact) mass is 292 g/mol. The zero-order valence-electron chi connectivity index (χ0n) is 9.37. The molecule has 1 amide bonds. The number of hydrogen-bond acceptors (Lipinski definition) is 2. The molecule has 1 aromatic rings. The van der Waals surface area contributed by atoms with Crippen LogP contribution in [0.1, 0.15) is 31.2 Å². The number of carbonyl (C=O) groups excluding carboxylic acids is 1. The number of anilines is 1. The first kappa shape index (κ1) is 12.1. The van der Waals surface area contributed by atoms with Crippen molar-refractivity contribution in [2.75, 3.05) is 5.32 Å². The predicted octanol–water partition coefficient (Wildman–Crippen LogP) is 3.45. The molecule has 1 aliphatic rings. The van der Waals surface area contributed by atoms with Crippen molar-refractivity contribution in [3.05, 3.63) is 28.2 Å². The average molecular weight is 293 g/mol. The first-order chi connectivity index (χ1) is 8.20. The van der Waals surface area contributed by atoms with Crippen molar-refractivity contribution in [2.24, 2.45) is 5.92 Å². The molecular weight excluding hydrogens is 280 g/mol. The standard InChI is InChI=1S/C13H13BrN2O/c14-11-5-6-12(10(7-11)8-15)16-13(17)9-3-1-2-4-9/h5-7,9H,1-4H2,(H,16,17). The number of amides is 1. The van der Waals surface area contributed by atoms with Crippen molar-refractivity contribution >= 4 is 27.5 Å². The number of nitrogens with zero attached hydrogens (tertiary/aromatic N) is 1. The number of carbonyl (C=O) groups is 1. The lowest BCUT2D eigenvalue weighted by molar-refractivity contribution is -0.119. The van der Waals surface area contributed by atoms with E-state index in [1.807, 2.05) is 6.07 Å². The van der Waals surface area contributed by atoms with Crippen molar-refractivity contribution in [1.82, 2.24) is 0 Å². The normalized spacial score (nSPS) is 15.5. The summed E-state index contributed by atoms with van der Waals surface area (Å²) in [6, 6.07) is 7.38. The third-order valence-corrected chi connectivity index (χ3v) is 3.58. The molecule has 17 heavy (non-hydrogen) atoms. The molecule has 0 bridgehead atoms. The number of hydrogen-bond donors (Lipinski definition) is 1. The second-order valence-corrected chi connectivity index (χ2v) is 5.19. The molecule has 3 nitrogen and oxygen atoms in total. The number of rotatable bonds is 2. The predicted molar refractivity (Wildman–Crippen MR) is 69.4 cm³/mol. The Hall–Kier alpha value is -1.34. The van der Waals surface area contributed by atoms with Crippen LogP contribution in [-0.4, -0.2) is 5.91 Å². The molecule has 0 aromatic heterocycles. The largest absolute Gasteiger partial charge is 0.325 e. The molecule has 1 aliphatic carbocycles. The Kier molecular flexibility index (Phi) is 3.80. The van der Waals surface area contributed by atoms with Gasteiger partial charge in [-0.3, -0.25) is 4.79 Å². The summed E-state index contributed by atoms with van der Waals surface area (Å²) in [5.74, 6) is 0.159. The van der Waals surface area contributed by atoms with Crippen LogP contribution in [0.25, 0.3) is 0 Å². The van der Waals surface area contributed by atoms with E-state index in [4.69, 9.17) is 5.26 Å². The van der Waals surface area contributed by atoms with Gasteiger partial charge in [-0.05, 0) is 31.0 Å². The van der Waals surface area contributed by atoms with Gasteiger partial charge in [0.15, 0.2) is 0 Å². The Morgan fingerprint density at radius 1 is 1.41 bits per heavy atom. The van der Waals surface area contributed by atoms with Gasteiger partial charge >= 0.3 is 0 Å². The molecular formula is C13H13BrN2O. The minimum Gasteiger partial charge on any atom is -0.325 e. The van der Waals surface area contributed by atoms with Gasteiger partial charge in [0.1, 0.15) is 6.07 Å². The van der Waals surface area contributed by atoms with Crippen LogP contribution in [-0.2, 0) is 4.79 Å². The van der Waals surface area contributed by atoms with Gasteiger partial charge < -0.3 is 5.32 Å². The molecule has 1 aromatic carbocycles. The van der Waals surface area contributed by atoms with E-state index in [1.54, 1.807) is 12.1 Å². The Balaban J connectivity index is 2.13. The molecule has 0 saturated heterocycles. The lowest BCUT2D eigenvalue weighted by Crippen LogP contribution is -2.20. The van der Waals surface area contributed by atoms with Crippen molar-refractivity contribution in [2.45, 2.75) is 25.7 Å². The molecule has 0 radical (unpaired) electrons. The molecule has 0 heterocycles. The summed E-state index contributed by atoms with van der Waals surface area (Å²) in [7, 11) is 0. The van der Waals surface area contributed by atoms with E-state index in [2.05, 4.69) is 27.3 Å². The quantitative estimate of drug-likeness (QED) is 0.908.